The third-order valence-electron chi connectivity index (χ3n) is 9.05. The summed E-state index contributed by atoms with van der Waals surface area (Å²) in [5.41, 5.74) is 8.27. The highest BCUT2D eigenvalue weighted by Gasteiger charge is 2.37. The maximum absolute atomic E-state index is 12.5. The third kappa shape index (κ3) is 5.19. The topological polar surface area (TPSA) is 123 Å². The maximum Gasteiger partial charge on any atom is 0.320 e. The van der Waals surface area contributed by atoms with Gasteiger partial charge in [-0.25, -0.2) is 14.8 Å². The van der Waals surface area contributed by atoms with E-state index in [0.29, 0.717) is 23.6 Å². The Labute approximate surface area is 229 Å². The average molecular weight is 534 g/mol. The highest BCUT2D eigenvalue weighted by Crippen LogP contribution is 2.38. The van der Waals surface area contributed by atoms with Gasteiger partial charge < -0.3 is 36.0 Å². The van der Waals surface area contributed by atoms with Gasteiger partial charge in [0.1, 0.15) is 5.82 Å². The highest BCUT2D eigenvalue weighted by molar-refractivity contribution is 5.96. The number of anilines is 4. The van der Waals surface area contributed by atoms with Gasteiger partial charge >= 0.3 is 6.03 Å². The number of hydrogen-bond acceptors (Lipinski definition) is 8. The molecule has 1 spiro atoms. The molecule has 4 saturated heterocycles. The number of carbonyl (C=O) groups is 2. The van der Waals surface area contributed by atoms with Crippen molar-refractivity contribution in [1.82, 2.24) is 25.1 Å². The molecule has 1 aromatic carbocycles. The van der Waals surface area contributed by atoms with E-state index in [4.69, 9.17) is 10.7 Å². The number of likely N-dealkylation sites (N-methyl/N-ethyl adjacent to an activating group) is 1. The zero-order valence-electron chi connectivity index (χ0n) is 22.7. The number of carbonyl (C=O) groups excluding carboxylic acids is 2. The lowest BCUT2D eigenvalue weighted by Gasteiger charge is -2.40. The Kier molecular flexibility index (Phi) is 6.92. The van der Waals surface area contributed by atoms with Crippen molar-refractivity contribution in [3.63, 3.8) is 0 Å². The van der Waals surface area contributed by atoms with Crippen molar-refractivity contribution >= 4 is 34.9 Å². The van der Waals surface area contributed by atoms with Crippen LogP contribution >= 0.6 is 0 Å². The van der Waals surface area contributed by atoms with Gasteiger partial charge in [0.2, 0.25) is 0 Å². The van der Waals surface area contributed by atoms with Gasteiger partial charge in [-0.05, 0) is 68.3 Å². The first-order chi connectivity index (χ1) is 18.9. The van der Waals surface area contributed by atoms with E-state index in [9.17, 15) is 9.59 Å². The number of benzene rings is 1. The minimum absolute atomic E-state index is 0.0856. The van der Waals surface area contributed by atoms with Crippen LogP contribution in [0.15, 0.2) is 30.5 Å². The van der Waals surface area contributed by atoms with Crippen LogP contribution in [0.5, 0.6) is 0 Å². The molecule has 1 atom stereocenters. The summed E-state index contributed by atoms with van der Waals surface area (Å²) in [7, 11) is 1.84. The average Bonchev–Trinajstić information content (AvgIpc) is 3.55. The lowest BCUT2D eigenvalue weighted by Crippen LogP contribution is -2.49. The van der Waals surface area contributed by atoms with E-state index in [1.807, 2.05) is 24.1 Å². The number of nitrogens with one attached hydrogen (secondary N) is 2. The molecule has 11 heteroatoms. The van der Waals surface area contributed by atoms with Crippen molar-refractivity contribution < 1.29 is 9.59 Å². The SMILES string of the molecule is CN1CCN([C@@H]2CCCN(c3cnc(C(N)=O)c(Nc4ccc(N5CCC6(CCNC6)CC5)cc4)n3)C2)C1=O. The second-order valence-corrected chi connectivity index (χ2v) is 11.5. The molecule has 5 heterocycles. The summed E-state index contributed by atoms with van der Waals surface area (Å²) in [5.74, 6) is 0.395. The van der Waals surface area contributed by atoms with Crippen molar-refractivity contribution in [1.29, 1.82) is 0 Å². The number of urea groups is 1. The molecule has 4 fully saturated rings. The van der Waals surface area contributed by atoms with Crippen LogP contribution in [0, 0.1) is 5.41 Å². The highest BCUT2D eigenvalue weighted by atomic mass is 16.2. The zero-order chi connectivity index (χ0) is 27.0. The first-order valence-electron chi connectivity index (χ1n) is 14.2. The predicted octanol–water partition coefficient (Wildman–Crippen LogP) is 2.24. The number of nitrogens with zero attached hydrogens (tertiary/aromatic N) is 6. The molecule has 4 aliphatic rings. The van der Waals surface area contributed by atoms with E-state index in [1.165, 1.54) is 24.9 Å². The Balaban J connectivity index is 1.15. The standard InChI is InChI=1S/C28H39N9O2/c1-34-15-16-37(27(34)39)22-3-2-12-36(18-22)23-17-31-24(25(29)38)26(33-23)32-20-4-6-21(7-5-20)35-13-9-28(10-14-35)8-11-30-19-28/h4-7,17,22,30H,2-3,8-16,18-19H2,1H3,(H2,29,38)(H,32,33)/t22-/m1/s1. The van der Waals surface area contributed by atoms with Crippen LogP contribution in [0.3, 0.4) is 0 Å². The molecular weight excluding hydrogens is 494 g/mol. The Hall–Kier alpha value is -3.60. The molecule has 3 amide bonds. The molecule has 208 valence electrons. The number of nitrogens with two attached hydrogens (primary N) is 1. The number of hydrogen-bond donors (Lipinski definition) is 3. The minimum atomic E-state index is -0.626. The molecule has 4 N–H and O–H groups in total. The van der Waals surface area contributed by atoms with Crippen molar-refractivity contribution in [2.75, 3.05) is 74.5 Å². The fourth-order valence-corrected chi connectivity index (χ4v) is 6.58. The summed E-state index contributed by atoms with van der Waals surface area (Å²) in [6, 6.07) is 8.49. The Morgan fingerprint density at radius 1 is 1.08 bits per heavy atom. The van der Waals surface area contributed by atoms with Crippen LogP contribution in [0.1, 0.15) is 42.6 Å². The molecule has 0 radical (unpaired) electrons. The van der Waals surface area contributed by atoms with Gasteiger partial charge in [-0.15, -0.1) is 0 Å². The van der Waals surface area contributed by atoms with Gasteiger partial charge in [0.15, 0.2) is 11.5 Å². The van der Waals surface area contributed by atoms with Crippen LogP contribution < -0.4 is 26.2 Å². The van der Waals surface area contributed by atoms with Gasteiger partial charge in [-0.2, -0.15) is 0 Å². The van der Waals surface area contributed by atoms with E-state index in [-0.39, 0.29) is 17.8 Å². The van der Waals surface area contributed by atoms with Crippen molar-refractivity contribution in [2.24, 2.45) is 11.1 Å². The van der Waals surface area contributed by atoms with Crippen LogP contribution in [-0.4, -0.2) is 97.2 Å². The molecule has 0 aliphatic carbocycles. The Morgan fingerprint density at radius 3 is 2.54 bits per heavy atom. The van der Waals surface area contributed by atoms with Crippen molar-refractivity contribution in [3.05, 3.63) is 36.2 Å². The van der Waals surface area contributed by atoms with Crippen LogP contribution in [-0.2, 0) is 0 Å². The number of rotatable bonds is 6. The summed E-state index contributed by atoms with van der Waals surface area (Å²) in [6.07, 6.45) is 7.27. The molecule has 1 aromatic heterocycles. The van der Waals surface area contributed by atoms with Crippen molar-refractivity contribution in [3.8, 4) is 0 Å². The van der Waals surface area contributed by atoms with E-state index >= 15 is 0 Å². The lowest BCUT2D eigenvalue weighted by molar-refractivity contribution is 0.0996. The monoisotopic (exact) mass is 533 g/mol. The predicted molar refractivity (Wildman–Crippen MR) is 152 cm³/mol. The van der Waals surface area contributed by atoms with Crippen LogP contribution in [0.4, 0.5) is 27.8 Å². The second kappa shape index (κ2) is 10.5. The Bertz CT molecular complexity index is 1200. The fourth-order valence-electron chi connectivity index (χ4n) is 6.58. The quantitative estimate of drug-likeness (QED) is 0.517. The molecule has 0 bridgehead atoms. The zero-order valence-corrected chi connectivity index (χ0v) is 22.7. The maximum atomic E-state index is 12.5. The third-order valence-corrected chi connectivity index (χ3v) is 9.05. The second-order valence-electron chi connectivity index (χ2n) is 11.5. The van der Waals surface area contributed by atoms with E-state index in [0.717, 1.165) is 64.3 Å². The summed E-state index contributed by atoms with van der Waals surface area (Å²) in [4.78, 5) is 42.2. The van der Waals surface area contributed by atoms with Gasteiger partial charge in [-0.3, -0.25) is 4.79 Å². The summed E-state index contributed by atoms with van der Waals surface area (Å²) in [5, 5.41) is 6.82. The first-order valence-corrected chi connectivity index (χ1v) is 14.2. The van der Waals surface area contributed by atoms with Crippen LogP contribution in [0.2, 0.25) is 0 Å². The summed E-state index contributed by atoms with van der Waals surface area (Å²) < 4.78 is 0. The Morgan fingerprint density at radius 2 is 1.87 bits per heavy atom. The van der Waals surface area contributed by atoms with Gasteiger partial charge in [0, 0.05) is 64.2 Å². The number of piperidine rings is 2. The van der Waals surface area contributed by atoms with Gasteiger partial charge in [-0.1, -0.05) is 0 Å². The number of aromatic nitrogens is 2. The molecule has 4 aliphatic heterocycles. The van der Waals surface area contributed by atoms with Gasteiger partial charge in [0.25, 0.3) is 5.91 Å². The molecule has 11 nitrogen and oxygen atoms in total. The van der Waals surface area contributed by atoms with Crippen molar-refractivity contribution in [2.45, 2.75) is 38.1 Å². The molecule has 6 rings (SSSR count). The molecule has 0 saturated carbocycles. The smallest absolute Gasteiger partial charge is 0.320 e. The van der Waals surface area contributed by atoms with E-state index in [1.54, 1.807) is 11.1 Å². The molecular formula is C28H39N9O2. The lowest BCUT2D eigenvalue weighted by atomic mass is 9.78. The van der Waals surface area contributed by atoms with Gasteiger partial charge in [0.05, 0.1) is 12.2 Å². The van der Waals surface area contributed by atoms with E-state index in [2.05, 4.69) is 37.6 Å². The summed E-state index contributed by atoms with van der Waals surface area (Å²) in [6.45, 7) is 7.45. The molecule has 39 heavy (non-hydrogen) atoms. The number of amides is 3. The molecule has 2 aromatic rings. The largest absolute Gasteiger partial charge is 0.371 e. The van der Waals surface area contributed by atoms with Crippen LogP contribution in [0.25, 0.3) is 0 Å². The fraction of sp³-hybridized carbons (Fsp3) is 0.571. The minimum Gasteiger partial charge on any atom is -0.371 e. The summed E-state index contributed by atoms with van der Waals surface area (Å²) >= 11 is 0. The normalized spacial score (nSPS) is 23.1. The molecule has 0 unspecified atom stereocenters. The first kappa shape index (κ1) is 25.7. The van der Waals surface area contributed by atoms with E-state index < -0.39 is 5.91 Å². The number of primary amides is 1.